The summed E-state index contributed by atoms with van der Waals surface area (Å²) in [5.41, 5.74) is 4.61. The van der Waals surface area contributed by atoms with Gasteiger partial charge in [-0.15, -0.1) is 0 Å². The summed E-state index contributed by atoms with van der Waals surface area (Å²) in [6, 6.07) is 10.4. The first-order valence-corrected chi connectivity index (χ1v) is 12.0. The second-order valence-electron chi connectivity index (χ2n) is 9.31. The van der Waals surface area contributed by atoms with Crippen LogP contribution in [0.15, 0.2) is 54.6 Å². The highest BCUT2D eigenvalue weighted by Crippen LogP contribution is 2.41. The Morgan fingerprint density at radius 1 is 0.935 bits per heavy atom. The lowest BCUT2D eigenvalue weighted by molar-refractivity contribution is 0.192. The van der Waals surface area contributed by atoms with Gasteiger partial charge in [0.05, 0.1) is 17.1 Å². The maximum Gasteiger partial charge on any atom is 0.150 e. The van der Waals surface area contributed by atoms with Crippen LogP contribution in [0.4, 0.5) is 5.82 Å². The summed E-state index contributed by atoms with van der Waals surface area (Å²) in [4.78, 5) is 10.4. The van der Waals surface area contributed by atoms with Gasteiger partial charge in [-0.05, 0) is 50.0 Å². The summed E-state index contributed by atoms with van der Waals surface area (Å²) in [7, 11) is 0. The van der Waals surface area contributed by atoms with Crippen molar-refractivity contribution in [3.63, 3.8) is 0 Å². The lowest BCUT2D eigenvalue weighted by atomic mass is 9.77. The van der Waals surface area contributed by atoms with Gasteiger partial charge in [-0.25, -0.2) is 4.98 Å². The number of aryl methyl sites for hydroxylation is 2. The largest absolute Gasteiger partial charge is 0.374 e. The molecule has 3 aliphatic carbocycles. The summed E-state index contributed by atoms with van der Waals surface area (Å²) in [6.07, 6.45) is 18.1. The van der Waals surface area contributed by atoms with Gasteiger partial charge in [-0.2, -0.15) is 0 Å². The number of allylic oxidation sites excluding steroid dienone is 4. The van der Waals surface area contributed by atoms with Crippen molar-refractivity contribution in [1.82, 2.24) is 9.97 Å². The minimum Gasteiger partial charge on any atom is -0.374 e. The van der Waals surface area contributed by atoms with E-state index in [-0.39, 0.29) is 0 Å². The summed E-state index contributed by atoms with van der Waals surface area (Å²) in [5.74, 6) is 2.15. The Morgan fingerprint density at radius 3 is 2.58 bits per heavy atom. The van der Waals surface area contributed by atoms with E-state index >= 15 is 0 Å². The second-order valence-corrected chi connectivity index (χ2v) is 9.31. The van der Waals surface area contributed by atoms with Crippen molar-refractivity contribution in [3.05, 3.63) is 77.3 Å². The lowest BCUT2D eigenvalue weighted by Gasteiger charge is -2.32. The quantitative estimate of drug-likeness (QED) is 0.598. The molecule has 0 bridgehead atoms. The van der Waals surface area contributed by atoms with Gasteiger partial charge in [0.2, 0.25) is 0 Å². The molecule has 0 aliphatic heterocycles. The molecule has 3 atom stereocenters. The Balaban J connectivity index is 1.40. The Bertz CT molecular complexity index is 946. The third kappa shape index (κ3) is 4.59. The lowest BCUT2D eigenvalue weighted by Crippen LogP contribution is -2.27. The number of aromatic nitrogens is 2. The minimum atomic E-state index is -0.622. The second kappa shape index (κ2) is 9.35. The molecule has 2 N–H and O–H groups in total. The summed E-state index contributed by atoms with van der Waals surface area (Å²) in [6.45, 7) is 0. The van der Waals surface area contributed by atoms with Crippen molar-refractivity contribution >= 4 is 5.82 Å². The molecule has 0 spiro atoms. The monoisotopic (exact) mass is 415 g/mol. The average Bonchev–Trinajstić information content (AvgIpc) is 2.83. The van der Waals surface area contributed by atoms with Crippen molar-refractivity contribution in [3.8, 4) is 0 Å². The van der Waals surface area contributed by atoms with E-state index in [1.165, 1.54) is 43.4 Å². The van der Waals surface area contributed by atoms with E-state index in [0.717, 1.165) is 36.5 Å². The molecule has 1 fully saturated rings. The number of anilines is 1. The zero-order chi connectivity index (χ0) is 21.0. The molecule has 31 heavy (non-hydrogen) atoms. The maximum atomic E-state index is 10.8. The van der Waals surface area contributed by atoms with Gasteiger partial charge in [0, 0.05) is 11.8 Å². The number of aliphatic hydroxyl groups excluding tert-OH is 1. The molecule has 1 saturated carbocycles. The van der Waals surface area contributed by atoms with Gasteiger partial charge in [-0.3, -0.25) is 4.98 Å². The molecule has 3 aliphatic rings. The number of nitrogens with one attached hydrogen (secondary N) is 1. The number of hydrogen-bond donors (Lipinski definition) is 2. The first kappa shape index (κ1) is 20.4. The number of benzene rings is 1. The zero-order valence-electron chi connectivity index (χ0n) is 18.2. The van der Waals surface area contributed by atoms with Gasteiger partial charge in [-0.1, -0.05) is 73.9 Å². The highest BCUT2D eigenvalue weighted by molar-refractivity contribution is 5.47. The van der Waals surface area contributed by atoms with Crippen molar-refractivity contribution in [1.29, 1.82) is 0 Å². The predicted molar refractivity (Wildman–Crippen MR) is 125 cm³/mol. The molecule has 162 valence electrons. The molecule has 1 aromatic carbocycles. The van der Waals surface area contributed by atoms with Crippen LogP contribution in [0.2, 0.25) is 0 Å². The van der Waals surface area contributed by atoms with Crippen LogP contribution < -0.4 is 5.32 Å². The molecule has 1 aromatic heterocycles. The highest BCUT2D eigenvalue weighted by Gasteiger charge is 2.32. The van der Waals surface area contributed by atoms with E-state index in [2.05, 4.69) is 41.8 Å². The summed E-state index contributed by atoms with van der Waals surface area (Å²) >= 11 is 0. The third-order valence-electron chi connectivity index (χ3n) is 7.15. The fraction of sp³-hybridized carbons (Fsp3) is 0.481. The Kier molecular flexibility index (Phi) is 6.17. The molecule has 0 saturated heterocycles. The first-order chi connectivity index (χ1) is 15.3. The average molecular weight is 416 g/mol. The van der Waals surface area contributed by atoms with Crippen molar-refractivity contribution in [2.45, 2.75) is 75.9 Å². The van der Waals surface area contributed by atoms with Gasteiger partial charge in [0.25, 0.3) is 0 Å². The number of nitrogens with zero attached hydrogens (tertiary/aromatic N) is 2. The first-order valence-electron chi connectivity index (χ1n) is 12.0. The van der Waals surface area contributed by atoms with Crippen LogP contribution in [0, 0.1) is 5.92 Å². The molecule has 5 rings (SSSR count). The molecular formula is C27H33N3O. The van der Waals surface area contributed by atoms with Crippen LogP contribution >= 0.6 is 0 Å². The normalized spacial score (nSPS) is 23.8. The third-order valence-corrected chi connectivity index (χ3v) is 7.15. The summed E-state index contributed by atoms with van der Waals surface area (Å²) in [5, 5.41) is 14.1. The molecule has 3 unspecified atom stereocenters. The molecule has 1 heterocycles. The Morgan fingerprint density at radius 2 is 1.74 bits per heavy atom. The Hall–Kier alpha value is -2.46. The fourth-order valence-electron chi connectivity index (χ4n) is 5.42. The van der Waals surface area contributed by atoms with E-state index in [4.69, 9.17) is 9.97 Å². The molecule has 4 heteroatoms. The van der Waals surface area contributed by atoms with Crippen molar-refractivity contribution in [2.24, 2.45) is 5.92 Å². The number of fused-ring (bicyclic) bond motifs is 3. The van der Waals surface area contributed by atoms with E-state index in [9.17, 15) is 5.11 Å². The maximum absolute atomic E-state index is 10.8. The number of aliphatic hydroxyl groups is 1. The minimum absolute atomic E-state index is 0.348. The van der Waals surface area contributed by atoms with Gasteiger partial charge < -0.3 is 10.4 Å². The smallest absolute Gasteiger partial charge is 0.150 e. The summed E-state index contributed by atoms with van der Waals surface area (Å²) < 4.78 is 0. The molecule has 2 aromatic rings. The van der Waals surface area contributed by atoms with Crippen LogP contribution in [-0.4, -0.2) is 21.3 Å². The van der Waals surface area contributed by atoms with Crippen LogP contribution in [0.3, 0.4) is 0 Å². The molecule has 4 nitrogen and oxygen atoms in total. The van der Waals surface area contributed by atoms with E-state index in [0.29, 0.717) is 24.2 Å². The van der Waals surface area contributed by atoms with Gasteiger partial charge in [0.15, 0.2) is 0 Å². The van der Waals surface area contributed by atoms with Crippen LogP contribution in [-0.2, 0) is 12.8 Å². The van der Waals surface area contributed by atoms with E-state index in [1.807, 2.05) is 18.2 Å². The van der Waals surface area contributed by atoms with Crippen molar-refractivity contribution < 1.29 is 5.11 Å². The zero-order valence-corrected chi connectivity index (χ0v) is 18.2. The molecule has 0 radical (unpaired) electrons. The number of rotatable bonds is 6. The fourth-order valence-corrected chi connectivity index (χ4v) is 5.42. The standard InChI is InChI=1S/C27H33N3O/c31-24(18-15-19-9-3-1-4-10-19)29-27-25(21-12-5-2-6-13-21)30-26-22-14-8-7-11-20(22)16-17-23(26)28-27/h1,3-4,7-11,14,20-22,24,31H,2,5-6,12-13,15-18H2,(H,28,29). The SMILES string of the molecule is OC(CCc1ccccc1)Nc1nc2c(nc1C1CCCCC1)C1C=CC=CC1CC2. The number of hydrogen-bond acceptors (Lipinski definition) is 4. The van der Waals surface area contributed by atoms with Crippen LogP contribution in [0.5, 0.6) is 0 Å². The van der Waals surface area contributed by atoms with E-state index < -0.39 is 6.23 Å². The topological polar surface area (TPSA) is 58.0 Å². The van der Waals surface area contributed by atoms with E-state index in [1.54, 1.807) is 0 Å². The molecular weight excluding hydrogens is 382 g/mol. The van der Waals surface area contributed by atoms with Gasteiger partial charge in [0.1, 0.15) is 12.0 Å². The van der Waals surface area contributed by atoms with Crippen LogP contribution in [0.1, 0.15) is 79.4 Å². The molecule has 0 amide bonds. The highest BCUT2D eigenvalue weighted by atomic mass is 16.3. The predicted octanol–water partition coefficient (Wildman–Crippen LogP) is 5.66. The van der Waals surface area contributed by atoms with Crippen molar-refractivity contribution in [2.75, 3.05) is 5.32 Å². The Labute approximate surface area is 185 Å². The van der Waals surface area contributed by atoms with Crippen LogP contribution in [0.25, 0.3) is 0 Å². The van der Waals surface area contributed by atoms with Gasteiger partial charge >= 0.3 is 0 Å².